The molecule has 1 amide bonds. The van der Waals surface area contributed by atoms with Crippen LogP contribution in [0, 0.1) is 0 Å². The monoisotopic (exact) mass is 289 g/mol. The molecule has 0 radical (unpaired) electrons. The first-order chi connectivity index (χ1) is 9.54. The van der Waals surface area contributed by atoms with Gasteiger partial charge in [-0.2, -0.15) is 0 Å². The van der Waals surface area contributed by atoms with Crippen LogP contribution in [-0.4, -0.2) is 11.9 Å². The summed E-state index contributed by atoms with van der Waals surface area (Å²) in [5, 5.41) is 3.16. The van der Waals surface area contributed by atoms with Gasteiger partial charge in [0.25, 0.3) is 0 Å². The third-order valence-electron chi connectivity index (χ3n) is 2.56. The van der Waals surface area contributed by atoms with Gasteiger partial charge in [0.2, 0.25) is 0 Å². The molecule has 2 rings (SSSR count). The highest BCUT2D eigenvalue weighted by Gasteiger charge is 2.06. The van der Waals surface area contributed by atoms with Gasteiger partial charge in [-0.15, -0.1) is 0 Å². The van der Waals surface area contributed by atoms with E-state index in [1.807, 2.05) is 0 Å². The Bertz CT molecular complexity index is 621. The first-order valence-electron chi connectivity index (χ1n) is 5.90. The number of hydrogen-bond acceptors (Lipinski definition) is 3. The molecule has 0 atom stereocenters. The van der Waals surface area contributed by atoms with Gasteiger partial charge in [-0.3, -0.25) is 10.1 Å². The van der Waals surface area contributed by atoms with E-state index in [1.54, 1.807) is 48.5 Å². The van der Waals surface area contributed by atoms with E-state index in [-0.39, 0.29) is 5.78 Å². The fraction of sp³-hybridized carbons (Fsp3) is 0.0667. The Hall–Kier alpha value is -2.33. The minimum Gasteiger partial charge on any atom is -0.410 e. The van der Waals surface area contributed by atoms with Crippen molar-refractivity contribution in [2.75, 3.05) is 5.32 Å². The van der Waals surface area contributed by atoms with Crippen molar-refractivity contribution in [3.63, 3.8) is 0 Å². The molecule has 0 aromatic heterocycles. The van der Waals surface area contributed by atoms with Crippen molar-refractivity contribution in [1.29, 1.82) is 0 Å². The molecular weight excluding hydrogens is 278 g/mol. The summed E-state index contributed by atoms with van der Waals surface area (Å²) in [6, 6.07) is 13.0. The van der Waals surface area contributed by atoms with Crippen LogP contribution in [0.15, 0.2) is 48.5 Å². The lowest BCUT2D eigenvalue weighted by Crippen LogP contribution is -2.16. The summed E-state index contributed by atoms with van der Waals surface area (Å²) in [5.41, 5.74) is 1.15. The maximum atomic E-state index is 11.7. The van der Waals surface area contributed by atoms with Crippen LogP contribution in [0.2, 0.25) is 5.02 Å². The van der Waals surface area contributed by atoms with E-state index in [4.69, 9.17) is 16.3 Å². The SMILES string of the molecule is CC(=O)c1ccc(OC(=O)Nc2ccc(Cl)cc2)cc1. The van der Waals surface area contributed by atoms with Gasteiger partial charge in [-0.25, -0.2) is 4.79 Å². The minimum atomic E-state index is -0.608. The van der Waals surface area contributed by atoms with Gasteiger partial charge in [-0.1, -0.05) is 11.6 Å². The van der Waals surface area contributed by atoms with Crippen molar-refractivity contribution in [3.05, 3.63) is 59.1 Å². The number of nitrogens with one attached hydrogen (secondary N) is 1. The lowest BCUT2D eigenvalue weighted by Gasteiger charge is -2.07. The van der Waals surface area contributed by atoms with Crippen LogP contribution in [0.4, 0.5) is 10.5 Å². The number of benzene rings is 2. The molecule has 0 bridgehead atoms. The molecule has 20 heavy (non-hydrogen) atoms. The van der Waals surface area contributed by atoms with Gasteiger partial charge in [0.05, 0.1) is 0 Å². The summed E-state index contributed by atoms with van der Waals surface area (Å²) < 4.78 is 5.09. The summed E-state index contributed by atoms with van der Waals surface area (Å²) in [6.07, 6.45) is -0.608. The molecule has 0 fully saturated rings. The number of carbonyl (C=O) groups is 2. The maximum Gasteiger partial charge on any atom is 0.417 e. The normalized spacial score (nSPS) is 9.90. The van der Waals surface area contributed by atoms with Gasteiger partial charge >= 0.3 is 6.09 Å². The number of hydrogen-bond donors (Lipinski definition) is 1. The Morgan fingerprint density at radius 1 is 1.00 bits per heavy atom. The van der Waals surface area contributed by atoms with Gasteiger partial charge < -0.3 is 4.74 Å². The number of ketones is 1. The zero-order valence-electron chi connectivity index (χ0n) is 10.7. The first kappa shape index (κ1) is 14.1. The number of carbonyl (C=O) groups excluding carboxylic acids is 2. The molecule has 2 aromatic carbocycles. The van der Waals surface area contributed by atoms with Crippen LogP contribution < -0.4 is 10.1 Å². The molecule has 1 N–H and O–H groups in total. The number of halogens is 1. The zero-order valence-corrected chi connectivity index (χ0v) is 11.5. The predicted molar refractivity (Wildman–Crippen MR) is 77.5 cm³/mol. The van der Waals surface area contributed by atoms with Crippen molar-refractivity contribution in [1.82, 2.24) is 0 Å². The van der Waals surface area contributed by atoms with Crippen molar-refractivity contribution in [3.8, 4) is 5.75 Å². The minimum absolute atomic E-state index is 0.0397. The second kappa shape index (κ2) is 6.21. The highest BCUT2D eigenvalue weighted by atomic mass is 35.5. The maximum absolute atomic E-state index is 11.7. The molecule has 0 aliphatic heterocycles. The van der Waals surface area contributed by atoms with Gasteiger partial charge in [0.1, 0.15) is 5.75 Å². The van der Waals surface area contributed by atoms with Gasteiger partial charge in [-0.05, 0) is 55.5 Å². The third-order valence-corrected chi connectivity index (χ3v) is 2.81. The van der Waals surface area contributed by atoms with Gasteiger partial charge in [0, 0.05) is 16.3 Å². The zero-order chi connectivity index (χ0) is 14.5. The van der Waals surface area contributed by atoms with Crippen LogP contribution in [0.3, 0.4) is 0 Å². The second-order valence-corrected chi connectivity index (χ2v) is 4.54. The van der Waals surface area contributed by atoms with E-state index >= 15 is 0 Å². The fourth-order valence-corrected chi connectivity index (χ4v) is 1.67. The van der Waals surface area contributed by atoms with Crippen LogP contribution in [0.1, 0.15) is 17.3 Å². The first-order valence-corrected chi connectivity index (χ1v) is 6.28. The molecular formula is C15H12ClNO3. The summed E-state index contributed by atoms with van der Waals surface area (Å²) in [4.78, 5) is 22.8. The standard InChI is InChI=1S/C15H12ClNO3/c1-10(18)11-2-8-14(9-3-11)20-15(19)17-13-6-4-12(16)5-7-13/h2-9H,1H3,(H,17,19). The molecule has 0 saturated carbocycles. The number of rotatable bonds is 3. The molecule has 0 aliphatic carbocycles. The van der Waals surface area contributed by atoms with Crippen molar-refractivity contribution < 1.29 is 14.3 Å². The van der Waals surface area contributed by atoms with Crippen LogP contribution in [0.25, 0.3) is 0 Å². The topological polar surface area (TPSA) is 55.4 Å². The molecule has 0 aliphatic rings. The van der Waals surface area contributed by atoms with Crippen molar-refractivity contribution >= 4 is 29.2 Å². The van der Waals surface area contributed by atoms with Crippen molar-refractivity contribution in [2.45, 2.75) is 6.92 Å². The highest BCUT2D eigenvalue weighted by Crippen LogP contribution is 2.16. The fourth-order valence-electron chi connectivity index (χ4n) is 1.54. The number of anilines is 1. The summed E-state index contributed by atoms with van der Waals surface area (Å²) >= 11 is 5.75. The lowest BCUT2D eigenvalue weighted by molar-refractivity contribution is 0.101. The molecule has 0 unspecified atom stereocenters. The lowest BCUT2D eigenvalue weighted by atomic mass is 10.1. The summed E-state index contributed by atoms with van der Waals surface area (Å²) in [5.74, 6) is 0.323. The number of amides is 1. The van der Waals surface area contributed by atoms with E-state index in [0.717, 1.165) is 0 Å². The molecule has 2 aromatic rings. The predicted octanol–water partition coefficient (Wildman–Crippen LogP) is 4.15. The highest BCUT2D eigenvalue weighted by molar-refractivity contribution is 6.30. The van der Waals surface area contributed by atoms with E-state index in [1.165, 1.54) is 6.92 Å². The largest absolute Gasteiger partial charge is 0.417 e. The third kappa shape index (κ3) is 3.83. The number of ether oxygens (including phenoxy) is 1. The Morgan fingerprint density at radius 3 is 2.15 bits per heavy atom. The second-order valence-electron chi connectivity index (χ2n) is 4.10. The molecule has 0 spiro atoms. The van der Waals surface area contributed by atoms with Crippen LogP contribution >= 0.6 is 11.6 Å². The van der Waals surface area contributed by atoms with Crippen LogP contribution in [0.5, 0.6) is 5.75 Å². The summed E-state index contributed by atoms with van der Waals surface area (Å²) in [6.45, 7) is 1.48. The molecule has 102 valence electrons. The molecule has 0 heterocycles. The van der Waals surface area contributed by atoms with Gasteiger partial charge in [0.15, 0.2) is 5.78 Å². The van der Waals surface area contributed by atoms with E-state index in [2.05, 4.69) is 5.32 Å². The quantitative estimate of drug-likeness (QED) is 0.863. The Morgan fingerprint density at radius 2 is 1.60 bits per heavy atom. The molecule has 4 nitrogen and oxygen atoms in total. The summed E-state index contributed by atoms with van der Waals surface area (Å²) in [7, 11) is 0. The Labute approximate surface area is 121 Å². The van der Waals surface area contributed by atoms with E-state index in [9.17, 15) is 9.59 Å². The Balaban J connectivity index is 1.97. The molecule has 5 heteroatoms. The smallest absolute Gasteiger partial charge is 0.410 e. The average molecular weight is 290 g/mol. The van der Waals surface area contributed by atoms with Crippen LogP contribution in [-0.2, 0) is 0 Å². The van der Waals surface area contributed by atoms with Crippen molar-refractivity contribution in [2.24, 2.45) is 0 Å². The Kier molecular flexibility index (Phi) is 4.38. The van der Waals surface area contributed by atoms with E-state index < -0.39 is 6.09 Å². The number of Topliss-reactive ketones (excluding diaryl/α,β-unsaturated/α-hetero) is 1. The van der Waals surface area contributed by atoms with E-state index in [0.29, 0.717) is 22.0 Å². The average Bonchev–Trinajstić information content (AvgIpc) is 2.42. The molecule has 0 saturated heterocycles.